The van der Waals surface area contributed by atoms with Crippen molar-refractivity contribution in [2.45, 2.75) is 20.5 Å². The van der Waals surface area contributed by atoms with Crippen LogP contribution in [0.1, 0.15) is 16.7 Å². The standard InChI is InChI=1S/C11H12O2/c1-7-8(2)10(5-12)11-6-13-4-3-9(7)11/h3-4,6,12H,5H2,1-2H3. The first-order valence-corrected chi connectivity index (χ1v) is 4.30. The first-order chi connectivity index (χ1) is 6.25. The molecule has 0 spiro atoms. The monoisotopic (exact) mass is 176 g/mol. The van der Waals surface area contributed by atoms with E-state index in [0.717, 1.165) is 11.1 Å². The number of fused-ring (bicyclic) bond motifs is 1. The van der Waals surface area contributed by atoms with Crippen molar-refractivity contribution >= 4 is 0 Å². The first-order valence-electron chi connectivity index (χ1n) is 4.30. The number of hydrogen-bond acceptors (Lipinski definition) is 2. The van der Waals surface area contributed by atoms with Gasteiger partial charge in [-0.3, -0.25) is 0 Å². The first kappa shape index (κ1) is 8.32. The molecule has 1 N–H and O–H groups in total. The summed E-state index contributed by atoms with van der Waals surface area (Å²) < 4.78 is 5.09. The summed E-state index contributed by atoms with van der Waals surface area (Å²) in [5.41, 5.74) is 5.58. The molecule has 2 aliphatic rings. The SMILES string of the molecule is Cc1c2ccocc-2c(CO)c1C. The van der Waals surface area contributed by atoms with Gasteiger partial charge in [0.2, 0.25) is 0 Å². The van der Waals surface area contributed by atoms with Crippen molar-refractivity contribution in [3.63, 3.8) is 0 Å². The van der Waals surface area contributed by atoms with Crippen LogP contribution in [0.2, 0.25) is 0 Å². The fourth-order valence-electron chi connectivity index (χ4n) is 1.76. The second-order valence-electron chi connectivity index (χ2n) is 3.27. The van der Waals surface area contributed by atoms with Crippen molar-refractivity contribution in [2.24, 2.45) is 0 Å². The summed E-state index contributed by atoms with van der Waals surface area (Å²) in [6, 6.07) is 1.94. The largest absolute Gasteiger partial charge is 0.472 e. The van der Waals surface area contributed by atoms with Gasteiger partial charge in [0.25, 0.3) is 0 Å². The Balaban J connectivity index is 2.80. The molecule has 0 aromatic rings. The molecule has 0 fully saturated rings. The van der Waals surface area contributed by atoms with Gasteiger partial charge in [-0.05, 0) is 42.2 Å². The molecule has 0 bridgehead atoms. The van der Waals surface area contributed by atoms with E-state index in [1.54, 1.807) is 12.5 Å². The lowest BCUT2D eigenvalue weighted by atomic mass is 10.1. The van der Waals surface area contributed by atoms with E-state index < -0.39 is 0 Å². The molecule has 1 aliphatic carbocycles. The van der Waals surface area contributed by atoms with E-state index in [0.29, 0.717) is 0 Å². The third-order valence-corrected chi connectivity index (χ3v) is 2.69. The molecule has 0 amide bonds. The number of aliphatic hydroxyl groups is 1. The maximum atomic E-state index is 9.19. The van der Waals surface area contributed by atoms with E-state index in [9.17, 15) is 5.11 Å². The molecular weight excluding hydrogens is 164 g/mol. The van der Waals surface area contributed by atoms with Gasteiger partial charge in [0.15, 0.2) is 0 Å². The van der Waals surface area contributed by atoms with Crippen LogP contribution in [-0.4, -0.2) is 5.11 Å². The molecule has 0 unspecified atom stereocenters. The Kier molecular flexibility index (Phi) is 1.85. The molecule has 68 valence electrons. The highest BCUT2D eigenvalue weighted by molar-refractivity contribution is 5.76. The zero-order chi connectivity index (χ0) is 9.42. The quantitative estimate of drug-likeness (QED) is 0.724. The molecule has 0 radical (unpaired) electrons. The molecule has 0 atom stereocenters. The van der Waals surface area contributed by atoms with Gasteiger partial charge >= 0.3 is 0 Å². The van der Waals surface area contributed by atoms with Crippen molar-refractivity contribution in [2.75, 3.05) is 0 Å². The molecule has 2 nitrogen and oxygen atoms in total. The molecule has 1 heterocycles. The molecule has 2 heteroatoms. The maximum Gasteiger partial charge on any atom is 0.0983 e. The van der Waals surface area contributed by atoms with E-state index >= 15 is 0 Å². The highest BCUT2D eigenvalue weighted by atomic mass is 16.3. The third kappa shape index (κ3) is 1.06. The van der Waals surface area contributed by atoms with E-state index in [4.69, 9.17) is 4.42 Å². The molecule has 0 aromatic heterocycles. The lowest BCUT2D eigenvalue weighted by Gasteiger charge is -1.99. The molecule has 13 heavy (non-hydrogen) atoms. The van der Waals surface area contributed by atoms with Gasteiger partial charge in [-0.15, -0.1) is 0 Å². The molecule has 2 rings (SSSR count). The second kappa shape index (κ2) is 2.89. The normalized spacial score (nSPS) is 11.0. The summed E-state index contributed by atoms with van der Waals surface area (Å²) in [6.07, 6.45) is 3.36. The van der Waals surface area contributed by atoms with Crippen molar-refractivity contribution in [1.29, 1.82) is 0 Å². The number of hydrogen-bond donors (Lipinski definition) is 1. The van der Waals surface area contributed by atoms with Crippen LogP contribution in [0.25, 0.3) is 11.1 Å². The van der Waals surface area contributed by atoms with Crippen LogP contribution in [0.15, 0.2) is 23.0 Å². The van der Waals surface area contributed by atoms with Crippen LogP contribution in [0.3, 0.4) is 0 Å². The lowest BCUT2D eigenvalue weighted by molar-refractivity contribution is 0.281. The van der Waals surface area contributed by atoms with Crippen molar-refractivity contribution in [3.05, 3.63) is 35.3 Å². The van der Waals surface area contributed by atoms with E-state index in [1.807, 2.05) is 13.0 Å². The van der Waals surface area contributed by atoms with E-state index in [2.05, 4.69) is 6.92 Å². The maximum absolute atomic E-state index is 9.19. The predicted octanol–water partition coefficient (Wildman–Crippen LogP) is 2.49. The van der Waals surface area contributed by atoms with Gasteiger partial charge in [-0.25, -0.2) is 0 Å². The van der Waals surface area contributed by atoms with Crippen LogP contribution < -0.4 is 0 Å². The predicted molar refractivity (Wildman–Crippen MR) is 50.7 cm³/mol. The zero-order valence-corrected chi connectivity index (χ0v) is 7.79. The van der Waals surface area contributed by atoms with E-state index in [1.165, 1.54) is 16.7 Å². The summed E-state index contributed by atoms with van der Waals surface area (Å²) >= 11 is 0. The summed E-state index contributed by atoms with van der Waals surface area (Å²) in [4.78, 5) is 0. The second-order valence-corrected chi connectivity index (χ2v) is 3.27. The topological polar surface area (TPSA) is 33.4 Å². The van der Waals surface area contributed by atoms with Gasteiger partial charge in [0.1, 0.15) is 0 Å². The van der Waals surface area contributed by atoms with Gasteiger partial charge in [-0.2, -0.15) is 0 Å². The van der Waals surface area contributed by atoms with Gasteiger partial charge in [0.05, 0.1) is 19.1 Å². The summed E-state index contributed by atoms with van der Waals surface area (Å²) in [5.74, 6) is 0. The Labute approximate surface area is 77.2 Å². The number of aliphatic hydroxyl groups excluding tert-OH is 1. The summed E-state index contributed by atoms with van der Waals surface area (Å²) in [6.45, 7) is 4.17. The van der Waals surface area contributed by atoms with Crippen LogP contribution in [-0.2, 0) is 6.61 Å². The highest BCUT2D eigenvalue weighted by Gasteiger charge is 2.16. The Morgan fingerprint density at radius 2 is 2.00 bits per heavy atom. The van der Waals surface area contributed by atoms with Gasteiger partial charge in [0, 0.05) is 5.56 Å². The fourth-order valence-corrected chi connectivity index (χ4v) is 1.76. The zero-order valence-electron chi connectivity index (χ0n) is 7.79. The highest BCUT2D eigenvalue weighted by Crippen LogP contribution is 2.35. The minimum Gasteiger partial charge on any atom is -0.472 e. The molecule has 0 aromatic carbocycles. The average molecular weight is 176 g/mol. The van der Waals surface area contributed by atoms with Crippen LogP contribution in [0, 0.1) is 13.8 Å². The number of rotatable bonds is 1. The Morgan fingerprint density at radius 3 is 2.69 bits per heavy atom. The smallest absolute Gasteiger partial charge is 0.0983 e. The van der Waals surface area contributed by atoms with Crippen LogP contribution in [0.4, 0.5) is 0 Å². The molecule has 1 aliphatic heterocycles. The summed E-state index contributed by atoms with van der Waals surface area (Å²) in [5, 5.41) is 9.19. The Morgan fingerprint density at radius 1 is 1.23 bits per heavy atom. The average Bonchev–Trinajstić information content (AvgIpc) is 2.41. The Bertz CT molecular complexity index is 401. The van der Waals surface area contributed by atoms with Gasteiger partial charge in [-0.1, -0.05) is 0 Å². The summed E-state index contributed by atoms with van der Waals surface area (Å²) in [7, 11) is 0. The molecular formula is C11H12O2. The fraction of sp³-hybridized carbons (Fsp3) is 0.273. The van der Waals surface area contributed by atoms with Crippen LogP contribution >= 0.6 is 0 Å². The molecule has 0 saturated heterocycles. The molecule has 0 saturated carbocycles. The lowest BCUT2D eigenvalue weighted by Crippen LogP contribution is -1.84. The minimum absolute atomic E-state index is 0.0791. The van der Waals surface area contributed by atoms with Crippen molar-refractivity contribution < 1.29 is 9.52 Å². The van der Waals surface area contributed by atoms with Crippen LogP contribution in [0.5, 0.6) is 0 Å². The van der Waals surface area contributed by atoms with Crippen molar-refractivity contribution in [1.82, 2.24) is 0 Å². The van der Waals surface area contributed by atoms with Crippen molar-refractivity contribution in [3.8, 4) is 11.1 Å². The minimum atomic E-state index is 0.0791. The van der Waals surface area contributed by atoms with Gasteiger partial charge < -0.3 is 9.52 Å². The Hall–Kier alpha value is -1.28. The van der Waals surface area contributed by atoms with E-state index in [-0.39, 0.29) is 6.61 Å². The third-order valence-electron chi connectivity index (χ3n) is 2.69.